The van der Waals surface area contributed by atoms with Crippen molar-refractivity contribution in [3.8, 4) is 0 Å². The summed E-state index contributed by atoms with van der Waals surface area (Å²) in [5.74, 6) is 0.975. The van der Waals surface area contributed by atoms with Crippen LogP contribution in [0, 0.1) is 13.8 Å². The van der Waals surface area contributed by atoms with E-state index < -0.39 is 10.0 Å². The molecule has 0 amide bonds. The number of hydrogen-bond donors (Lipinski definition) is 1. The maximum absolute atomic E-state index is 12.9. The van der Waals surface area contributed by atoms with Crippen LogP contribution in [0.25, 0.3) is 0 Å². The maximum atomic E-state index is 12.9. The van der Waals surface area contributed by atoms with E-state index in [0.29, 0.717) is 43.2 Å². The van der Waals surface area contributed by atoms with Crippen LogP contribution in [0.3, 0.4) is 0 Å². The summed E-state index contributed by atoms with van der Waals surface area (Å²) in [6, 6.07) is 0. The first-order chi connectivity index (χ1) is 9.37. The van der Waals surface area contributed by atoms with E-state index in [-0.39, 0.29) is 17.5 Å². The molecule has 2 N–H and O–H groups in total. The van der Waals surface area contributed by atoms with Crippen molar-refractivity contribution >= 4 is 10.0 Å². The minimum absolute atomic E-state index is 0.109. The minimum Gasteiger partial charge on any atom is -0.465 e. The molecule has 0 aliphatic carbocycles. The second-order valence-corrected chi connectivity index (χ2v) is 7.00. The van der Waals surface area contributed by atoms with E-state index in [2.05, 4.69) is 0 Å². The van der Waals surface area contributed by atoms with Gasteiger partial charge >= 0.3 is 0 Å². The molecule has 1 unspecified atom stereocenters. The zero-order chi connectivity index (χ0) is 14.9. The summed E-state index contributed by atoms with van der Waals surface area (Å²) in [5, 5.41) is 0. The quantitative estimate of drug-likeness (QED) is 0.905. The van der Waals surface area contributed by atoms with Gasteiger partial charge in [0.25, 0.3) is 0 Å². The SMILES string of the molecule is Cc1oc(C)c(S(=O)(=O)N2CCCOC(C)C2)c1CN. The van der Waals surface area contributed by atoms with Crippen LogP contribution < -0.4 is 5.73 Å². The highest BCUT2D eigenvalue weighted by Gasteiger charge is 2.33. The third-order valence-corrected chi connectivity index (χ3v) is 5.60. The molecule has 1 atom stereocenters. The molecule has 1 aliphatic heterocycles. The van der Waals surface area contributed by atoms with Crippen molar-refractivity contribution in [2.45, 2.75) is 44.7 Å². The molecule has 1 aliphatic rings. The molecule has 0 aromatic carbocycles. The van der Waals surface area contributed by atoms with Crippen LogP contribution in [0.4, 0.5) is 0 Å². The van der Waals surface area contributed by atoms with E-state index in [9.17, 15) is 8.42 Å². The van der Waals surface area contributed by atoms with E-state index in [1.165, 1.54) is 4.31 Å². The van der Waals surface area contributed by atoms with Crippen molar-refractivity contribution in [2.24, 2.45) is 5.73 Å². The third-order valence-electron chi connectivity index (χ3n) is 3.54. The van der Waals surface area contributed by atoms with Gasteiger partial charge in [-0.05, 0) is 27.2 Å². The fourth-order valence-corrected chi connectivity index (χ4v) is 4.56. The molecule has 1 aromatic heterocycles. The summed E-state index contributed by atoms with van der Waals surface area (Å²) in [6.07, 6.45) is 0.583. The number of nitrogens with two attached hydrogens (primary N) is 1. The second kappa shape index (κ2) is 5.85. The smallest absolute Gasteiger partial charge is 0.246 e. The van der Waals surface area contributed by atoms with Crippen LogP contribution in [0.2, 0.25) is 0 Å². The molecule has 6 nitrogen and oxygen atoms in total. The topological polar surface area (TPSA) is 85.8 Å². The van der Waals surface area contributed by atoms with Crippen molar-refractivity contribution in [3.05, 3.63) is 17.1 Å². The van der Waals surface area contributed by atoms with Gasteiger partial charge in [0.1, 0.15) is 16.4 Å². The summed E-state index contributed by atoms with van der Waals surface area (Å²) in [6.45, 7) is 6.83. The number of sulfonamides is 1. The summed E-state index contributed by atoms with van der Waals surface area (Å²) in [4.78, 5) is 0.228. The van der Waals surface area contributed by atoms with Gasteiger partial charge in [-0.2, -0.15) is 4.31 Å². The van der Waals surface area contributed by atoms with E-state index in [1.54, 1.807) is 13.8 Å². The molecule has 0 spiro atoms. The number of rotatable bonds is 3. The molecule has 1 fully saturated rings. The molecule has 2 heterocycles. The summed E-state index contributed by atoms with van der Waals surface area (Å²) < 4.78 is 38.1. The molecule has 7 heteroatoms. The van der Waals surface area contributed by atoms with Crippen LogP contribution >= 0.6 is 0 Å². The van der Waals surface area contributed by atoms with Crippen molar-refractivity contribution in [2.75, 3.05) is 19.7 Å². The highest BCUT2D eigenvalue weighted by molar-refractivity contribution is 7.89. The molecule has 1 aromatic rings. The highest BCUT2D eigenvalue weighted by atomic mass is 32.2. The van der Waals surface area contributed by atoms with Crippen molar-refractivity contribution in [1.29, 1.82) is 0 Å². The van der Waals surface area contributed by atoms with Gasteiger partial charge in [-0.25, -0.2) is 8.42 Å². The lowest BCUT2D eigenvalue weighted by atomic mass is 10.2. The molecule has 1 saturated heterocycles. The number of aryl methyl sites for hydroxylation is 2. The molecule has 114 valence electrons. The first-order valence-corrected chi connectivity index (χ1v) is 8.22. The fraction of sp³-hybridized carbons (Fsp3) is 0.692. The van der Waals surface area contributed by atoms with Gasteiger partial charge in [0, 0.05) is 31.8 Å². The Morgan fingerprint density at radius 2 is 2.05 bits per heavy atom. The predicted molar refractivity (Wildman–Crippen MR) is 74.9 cm³/mol. The monoisotopic (exact) mass is 302 g/mol. The summed E-state index contributed by atoms with van der Waals surface area (Å²) >= 11 is 0. The largest absolute Gasteiger partial charge is 0.465 e. The van der Waals surface area contributed by atoms with E-state index in [4.69, 9.17) is 14.9 Å². The Hall–Kier alpha value is -0.890. The van der Waals surface area contributed by atoms with Gasteiger partial charge < -0.3 is 14.9 Å². The first kappa shape index (κ1) is 15.5. The summed E-state index contributed by atoms with van der Waals surface area (Å²) in [5.41, 5.74) is 6.25. The Kier molecular flexibility index (Phi) is 4.53. The number of hydrogen-bond acceptors (Lipinski definition) is 5. The standard InChI is InChI=1S/C13H22N2O4S/c1-9-8-15(5-4-6-18-9)20(16,17)13-11(3)19-10(2)12(13)7-14/h9H,4-8,14H2,1-3H3. The Morgan fingerprint density at radius 1 is 1.35 bits per heavy atom. The molecule has 0 saturated carbocycles. The third kappa shape index (κ3) is 2.76. The van der Waals surface area contributed by atoms with Gasteiger partial charge in [0.2, 0.25) is 10.0 Å². The maximum Gasteiger partial charge on any atom is 0.246 e. The summed E-state index contributed by atoms with van der Waals surface area (Å²) in [7, 11) is -3.59. The average molecular weight is 302 g/mol. The van der Waals surface area contributed by atoms with Crippen molar-refractivity contribution in [3.63, 3.8) is 0 Å². The number of nitrogens with zero attached hydrogens (tertiary/aromatic N) is 1. The van der Waals surface area contributed by atoms with Crippen molar-refractivity contribution < 1.29 is 17.6 Å². The van der Waals surface area contributed by atoms with Gasteiger partial charge in [0.15, 0.2) is 0 Å². The Bertz CT molecular complexity index is 579. The van der Waals surface area contributed by atoms with Gasteiger partial charge in [-0.15, -0.1) is 0 Å². The lowest BCUT2D eigenvalue weighted by Crippen LogP contribution is -2.36. The highest BCUT2D eigenvalue weighted by Crippen LogP contribution is 2.29. The van der Waals surface area contributed by atoms with Gasteiger partial charge in [0.05, 0.1) is 6.10 Å². The molecule has 0 bridgehead atoms. The van der Waals surface area contributed by atoms with Crippen LogP contribution in [-0.2, 0) is 21.3 Å². The van der Waals surface area contributed by atoms with Crippen LogP contribution in [-0.4, -0.2) is 38.5 Å². The van der Waals surface area contributed by atoms with Crippen LogP contribution in [0.1, 0.15) is 30.4 Å². The minimum atomic E-state index is -3.59. The van der Waals surface area contributed by atoms with Gasteiger partial charge in [-0.1, -0.05) is 0 Å². The predicted octanol–water partition coefficient (Wildman–Crippen LogP) is 1.15. The lowest BCUT2D eigenvalue weighted by molar-refractivity contribution is 0.0752. The van der Waals surface area contributed by atoms with E-state index in [0.717, 1.165) is 0 Å². The average Bonchev–Trinajstić information content (AvgIpc) is 2.54. The van der Waals surface area contributed by atoms with E-state index >= 15 is 0 Å². The molecule has 0 radical (unpaired) electrons. The second-order valence-electron chi connectivity index (χ2n) is 5.12. The van der Waals surface area contributed by atoms with Crippen LogP contribution in [0.15, 0.2) is 9.31 Å². The fourth-order valence-electron chi connectivity index (χ4n) is 2.59. The number of ether oxygens (including phenoxy) is 1. The Labute approximate surface area is 119 Å². The zero-order valence-corrected chi connectivity index (χ0v) is 13.0. The molecular weight excluding hydrogens is 280 g/mol. The normalized spacial score (nSPS) is 21.9. The van der Waals surface area contributed by atoms with Crippen molar-refractivity contribution in [1.82, 2.24) is 4.31 Å². The van der Waals surface area contributed by atoms with Gasteiger partial charge in [-0.3, -0.25) is 0 Å². The Balaban J connectivity index is 2.44. The Morgan fingerprint density at radius 3 is 2.70 bits per heavy atom. The zero-order valence-electron chi connectivity index (χ0n) is 12.2. The molecule has 20 heavy (non-hydrogen) atoms. The number of furan rings is 1. The lowest BCUT2D eigenvalue weighted by Gasteiger charge is -2.22. The molecular formula is C13H22N2O4S. The first-order valence-electron chi connectivity index (χ1n) is 6.78. The van der Waals surface area contributed by atoms with E-state index in [1.807, 2.05) is 6.92 Å². The molecule has 2 rings (SSSR count). The van der Waals surface area contributed by atoms with Crippen LogP contribution in [0.5, 0.6) is 0 Å².